The normalized spacial score (nSPS) is 14.0. The van der Waals surface area contributed by atoms with Gasteiger partial charge in [-0.05, 0) is 12.6 Å². The van der Waals surface area contributed by atoms with Crippen LogP contribution >= 0.6 is 23.7 Å². The molecule has 2 aromatic rings. The number of para-hydroxylation sites is 2. The average molecular weight is 398 g/mol. The Morgan fingerprint density at radius 3 is 2.62 bits per heavy atom. The summed E-state index contributed by atoms with van der Waals surface area (Å²) in [6, 6.07) is 6.69. The van der Waals surface area contributed by atoms with Crippen molar-refractivity contribution in [3.05, 3.63) is 50.5 Å². The number of piperazine rings is 1. The fourth-order valence-corrected chi connectivity index (χ4v) is 3.63. The highest BCUT2D eigenvalue weighted by atomic mass is 35.5. The van der Waals surface area contributed by atoms with Crippen molar-refractivity contribution in [2.24, 2.45) is 5.73 Å². The smallest absolute Gasteiger partial charge is 0.292 e. The highest BCUT2D eigenvalue weighted by Crippen LogP contribution is 2.28. The van der Waals surface area contributed by atoms with E-state index in [1.54, 1.807) is 28.5 Å². The summed E-state index contributed by atoms with van der Waals surface area (Å²) in [4.78, 5) is 31.4. The number of nitro groups is 1. The van der Waals surface area contributed by atoms with Crippen molar-refractivity contribution in [1.82, 2.24) is 9.88 Å². The van der Waals surface area contributed by atoms with Gasteiger partial charge in [-0.1, -0.05) is 12.1 Å². The summed E-state index contributed by atoms with van der Waals surface area (Å²) in [7, 11) is 0. The van der Waals surface area contributed by atoms with Gasteiger partial charge < -0.3 is 15.5 Å². The number of carbonyl (C=O) groups is 1. The van der Waals surface area contributed by atoms with Gasteiger partial charge in [0.15, 0.2) is 0 Å². The van der Waals surface area contributed by atoms with Gasteiger partial charge in [-0.2, -0.15) is 0 Å². The van der Waals surface area contributed by atoms with Crippen molar-refractivity contribution < 1.29 is 9.72 Å². The summed E-state index contributed by atoms with van der Waals surface area (Å²) < 4.78 is 0. The van der Waals surface area contributed by atoms with Crippen molar-refractivity contribution in [2.45, 2.75) is 6.42 Å². The summed E-state index contributed by atoms with van der Waals surface area (Å²) in [6.45, 7) is 2.63. The van der Waals surface area contributed by atoms with E-state index < -0.39 is 0 Å². The molecule has 26 heavy (non-hydrogen) atoms. The molecule has 8 nitrogen and oxygen atoms in total. The van der Waals surface area contributed by atoms with Crippen LogP contribution in [0.25, 0.3) is 0 Å². The summed E-state index contributed by atoms with van der Waals surface area (Å²) in [5, 5.41) is 13.8. The van der Waals surface area contributed by atoms with E-state index in [2.05, 4.69) is 4.98 Å². The van der Waals surface area contributed by atoms with Crippen LogP contribution in [0.5, 0.6) is 0 Å². The molecular formula is C16H20ClN5O3S. The number of benzene rings is 1. The Morgan fingerprint density at radius 1 is 1.27 bits per heavy atom. The highest BCUT2D eigenvalue weighted by molar-refractivity contribution is 7.09. The molecule has 10 heteroatoms. The topological polar surface area (TPSA) is 106 Å². The van der Waals surface area contributed by atoms with Gasteiger partial charge in [0.05, 0.1) is 9.93 Å². The van der Waals surface area contributed by atoms with Gasteiger partial charge >= 0.3 is 0 Å². The number of aromatic nitrogens is 1. The van der Waals surface area contributed by atoms with Crippen LogP contribution in [0.15, 0.2) is 29.6 Å². The number of halogens is 1. The molecule has 2 N–H and O–H groups in total. The molecule has 0 spiro atoms. The van der Waals surface area contributed by atoms with E-state index >= 15 is 0 Å². The van der Waals surface area contributed by atoms with Crippen molar-refractivity contribution in [2.75, 3.05) is 37.6 Å². The number of carbonyl (C=O) groups excluding carboxylic acids is 1. The first kappa shape index (κ1) is 20.1. The molecule has 140 valence electrons. The van der Waals surface area contributed by atoms with E-state index in [-0.39, 0.29) is 28.9 Å². The van der Waals surface area contributed by atoms with Gasteiger partial charge in [-0.25, -0.2) is 4.98 Å². The van der Waals surface area contributed by atoms with Gasteiger partial charge in [-0.3, -0.25) is 14.9 Å². The molecule has 2 heterocycles. The van der Waals surface area contributed by atoms with Crippen molar-refractivity contribution in [3.63, 3.8) is 0 Å². The van der Waals surface area contributed by atoms with Crippen LogP contribution in [-0.4, -0.2) is 53.4 Å². The first-order valence-corrected chi connectivity index (χ1v) is 8.90. The number of anilines is 1. The minimum atomic E-state index is -0.374. The lowest BCUT2D eigenvalue weighted by Crippen LogP contribution is -2.49. The van der Waals surface area contributed by atoms with Crippen LogP contribution in [0.2, 0.25) is 0 Å². The summed E-state index contributed by atoms with van der Waals surface area (Å²) >= 11 is 1.45. The molecule has 1 aromatic heterocycles. The molecule has 3 rings (SSSR count). The Bertz CT molecular complexity index is 777. The fraction of sp³-hybridized carbons (Fsp3) is 0.375. The van der Waals surface area contributed by atoms with Gasteiger partial charge in [0.1, 0.15) is 11.4 Å². The van der Waals surface area contributed by atoms with Crippen molar-refractivity contribution >= 4 is 41.0 Å². The molecule has 1 fully saturated rings. The molecule has 0 radical (unpaired) electrons. The SMILES string of the molecule is Cl.NCCc1nc(C(=O)N2CCN(c3ccccc3[N+](=O)[O-])CC2)cs1. The van der Waals surface area contributed by atoms with Gasteiger partial charge in [0.2, 0.25) is 0 Å². The van der Waals surface area contributed by atoms with Crippen molar-refractivity contribution in [3.8, 4) is 0 Å². The van der Waals surface area contributed by atoms with Crippen LogP contribution in [0, 0.1) is 10.1 Å². The summed E-state index contributed by atoms with van der Waals surface area (Å²) in [5.74, 6) is -0.0956. The minimum absolute atomic E-state index is 0. The van der Waals surface area contributed by atoms with Crippen LogP contribution in [0.1, 0.15) is 15.5 Å². The van der Waals surface area contributed by atoms with Crippen molar-refractivity contribution in [1.29, 1.82) is 0 Å². The average Bonchev–Trinajstić information content (AvgIpc) is 3.10. The Kier molecular flexibility index (Phi) is 6.90. The number of amides is 1. The zero-order valence-electron chi connectivity index (χ0n) is 14.0. The number of nitro benzene ring substituents is 1. The van der Waals surface area contributed by atoms with E-state index in [0.717, 1.165) is 5.01 Å². The number of hydrogen-bond acceptors (Lipinski definition) is 7. The minimum Gasteiger partial charge on any atom is -0.362 e. The predicted molar refractivity (Wildman–Crippen MR) is 103 cm³/mol. The zero-order chi connectivity index (χ0) is 17.8. The number of thiazole rings is 1. The Labute approximate surface area is 161 Å². The molecule has 1 amide bonds. The number of nitrogens with zero attached hydrogens (tertiary/aromatic N) is 4. The summed E-state index contributed by atoms with van der Waals surface area (Å²) in [6.07, 6.45) is 0.670. The largest absolute Gasteiger partial charge is 0.362 e. The molecule has 0 atom stereocenters. The maximum absolute atomic E-state index is 12.5. The molecule has 1 aromatic carbocycles. The van der Waals surface area contributed by atoms with Crippen LogP contribution in [0.4, 0.5) is 11.4 Å². The Morgan fingerprint density at radius 2 is 1.96 bits per heavy atom. The molecule has 0 aliphatic carbocycles. The maximum Gasteiger partial charge on any atom is 0.292 e. The molecule has 1 aliphatic rings. The molecule has 0 unspecified atom stereocenters. The number of hydrogen-bond donors (Lipinski definition) is 1. The first-order chi connectivity index (χ1) is 12.1. The van der Waals surface area contributed by atoms with E-state index in [0.29, 0.717) is 50.5 Å². The Balaban J connectivity index is 0.00000243. The molecule has 1 saturated heterocycles. The number of rotatable bonds is 5. The monoisotopic (exact) mass is 397 g/mol. The maximum atomic E-state index is 12.5. The van der Waals surface area contributed by atoms with Gasteiger partial charge in [-0.15, -0.1) is 23.7 Å². The lowest BCUT2D eigenvalue weighted by molar-refractivity contribution is -0.384. The molecule has 1 aliphatic heterocycles. The standard InChI is InChI=1S/C16H19N5O3S.ClH/c17-6-5-15-18-12(11-25-15)16(22)20-9-7-19(8-10-20)13-3-1-2-4-14(13)21(23)24;/h1-4,11H,5-10,17H2;1H. The lowest BCUT2D eigenvalue weighted by atomic mass is 10.2. The first-order valence-electron chi connectivity index (χ1n) is 8.02. The Hall–Kier alpha value is -2.23. The fourth-order valence-electron chi connectivity index (χ4n) is 2.85. The predicted octanol–water partition coefficient (Wildman–Crippen LogP) is 1.94. The van der Waals surface area contributed by atoms with E-state index in [4.69, 9.17) is 5.73 Å². The quantitative estimate of drug-likeness (QED) is 0.610. The van der Waals surface area contributed by atoms with Gasteiger partial charge in [0, 0.05) is 44.0 Å². The third-order valence-electron chi connectivity index (χ3n) is 4.12. The second kappa shape index (κ2) is 8.93. The van der Waals surface area contributed by atoms with E-state index in [1.165, 1.54) is 17.4 Å². The third-order valence-corrected chi connectivity index (χ3v) is 5.02. The van der Waals surface area contributed by atoms with Crippen LogP contribution < -0.4 is 10.6 Å². The second-order valence-corrected chi connectivity index (χ2v) is 6.63. The summed E-state index contributed by atoms with van der Waals surface area (Å²) in [5.41, 5.74) is 6.65. The van der Waals surface area contributed by atoms with Gasteiger partial charge in [0.25, 0.3) is 11.6 Å². The van der Waals surface area contributed by atoms with Crippen LogP contribution in [0.3, 0.4) is 0 Å². The molecule has 0 saturated carbocycles. The molecule has 0 bridgehead atoms. The number of nitrogens with two attached hydrogens (primary N) is 1. The van der Waals surface area contributed by atoms with E-state index in [9.17, 15) is 14.9 Å². The van der Waals surface area contributed by atoms with E-state index in [1.807, 2.05) is 4.90 Å². The lowest BCUT2D eigenvalue weighted by Gasteiger charge is -2.35. The molecular weight excluding hydrogens is 378 g/mol. The second-order valence-electron chi connectivity index (χ2n) is 5.69. The van der Waals surface area contributed by atoms with Crippen LogP contribution in [-0.2, 0) is 6.42 Å². The highest BCUT2D eigenvalue weighted by Gasteiger charge is 2.26. The zero-order valence-corrected chi connectivity index (χ0v) is 15.7. The third kappa shape index (κ3) is 4.29.